The molecule has 1 atom stereocenters. The molecule has 21 heavy (non-hydrogen) atoms. The Hall–Kier alpha value is -1.39. The summed E-state index contributed by atoms with van der Waals surface area (Å²) in [7, 11) is 1.68. The number of hydrogen-bond acceptors (Lipinski definition) is 4. The predicted molar refractivity (Wildman–Crippen MR) is 85.0 cm³/mol. The van der Waals surface area contributed by atoms with Crippen LogP contribution in [0.5, 0.6) is 5.75 Å². The van der Waals surface area contributed by atoms with Crippen LogP contribution in [-0.4, -0.2) is 55.4 Å². The number of rotatable bonds is 7. The molecule has 4 nitrogen and oxygen atoms in total. The van der Waals surface area contributed by atoms with Crippen LogP contribution in [-0.2, 0) is 6.54 Å². The van der Waals surface area contributed by atoms with Crippen molar-refractivity contribution < 1.29 is 9.53 Å². The van der Waals surface area contributed by atoms with Crippen molar-refractivity contribution in [3.8, 4) is 5.75 Å². The molecule has 1 unspecified atom stereocenters. The fourth-order valence-corrected chi connectivity index (χ4v) is 3.23. The standard InChI is InChI=1S/C17H26N2O2/c1-4-19(5-2)16-8-9-18(12-16)11-15-10-14(13-20)6-7-17(15)21-3/h6-7,10,13,16H,4-5,8-9,11-12H2,1-3H3. The number of likely N-dealkylation sites (tertiary alicyclic amines) is 1. The normalized spacial score (nSPS) is 19.1. The third-order valence-electron chi connectivity index (χ3n) is 4.41. The van der Waals surface area contributed by atoms with Gasteiger partial charge in [-0.15, -0.1) is 0 Å². The number of ether oxygens (including phenoxy) is 1. The van der Waals surface area contributed by atoms with Crippen LogP contribution < -0.4 is 4.74 Å². The lowest BCUT2D eigenvalue weighted by atomic mass is 10.1. The van der Waals surface area contributed by atoms with E-state index in [0.717, 1.165) is 50.3 Å². The molecule has 0 N–H and O–H groups in total. The fourth-order valence-electron chi connectivity index (χ4n) is 3.23. The first kappa shape index (κ1) is 16.0. The first-order valence-corrected chi connectivity index (χ1v) is 7.80. The Morgan fingerprint density at radius 2 is 2.14 bits per heavy atom. The Morgan fingerprint density at radius 3 is 2.76 bits per heavy atom. The van der Waals surface area contributed by atoms with Crippen LogP contribution in [0.4, 0.5) is 0 Å². The van der Waals surface area contributed by atoms with Gasteiger partial charge < -0.3 is 4.74 Å². The van der Waals surface area contributed by atoms with Gasteiger partial charge in [0.05, 0.1) is 7.11 Å². The fraction of sp³-hybridized carbons (Fsp3) is 0.588. The molecule has 2 rings (SSSR count). The molecule has 1 aromatic rings. The summed E-state index contributed by atoms with van der Waals surface area (Å²) in [6, 6.07) is 6.28. The maximum Gasteiger partial charge on any atom is 0.150 e. The Morgan fingerprint density at radius 1 is 1.38 bits per heavy atom. The summed E-state index contributed by atoms with van der Waals surface area (Å²) < 4.78 is 5.42. The SMILES string of the molecule is CCN(CC)C1CCN(Cc2cc(C=O)ccc2OC)C1. The highest BCUT2D eigenvalue weighted by Gasteiger charge is 2.26. The molecule has 0 amide bonds. The van der Waals surface area contributed by atoms with Gasteiger partial charge in [-0.2, -0.15) is 0 Å². The van der Waals surface area contributed by atoms with Crippen LogP contribution >= 0.6 is 0 Å². The molecule has 1 saturated heterocycles. The summed E-state index contributed by atoms with van der Waals surface area (Å²) in [5.41, 5.74) is 1.81. The van der Waals surface area contributed by atoms with Gasteiger partial charge in [-0.05, 0) is 37.7 Å². The zero-order valence-electron chi connectivity index (χ0n) is 13.3. The lowest BCUT2D eigenvalue weighted by Crippen LogP contribution is -2.37. The Bertz CT molecular complexity index is 472. The van der Waals surface area contributed by atoms with E-state index >= 15 is 0 Å². The Labute approximate surface area is 127 Å². The molecule has 0 spiro atoms. The first-order chi connectivity index (χ1) is 10.2. The van der Waals surface area contributed by atoms with Gasteiger partial charge in [0, 0.05) is 36.8 Å². The topological polar surface area (TPSA) is 32.8 Å². The minimum Gasteiger partial charge on any atom is -0.496 e. The average molecular weight is 290 g/mol. The number of hydrogen-bond donors (Lipinski definition) is 0. The van der Waals surface area contributed by atoms with Gasteiger partial charge >= 0.3 is 0 Å². The van der Waals surface area contributed by atoms with Gasteiger partial charge in [0.15, 0.2) is 0 Å². The monoisotopic (exact) mass is 290 g/mol. The first-order valence-electron chi connectivity index (χ1n) is 7.80. The van der Waals surface area contributed by atoms with Crippen LogP contribution in [0.1, 0.15) is 36.2 Å². The van der Waals surface area contributed by atoms with E-state index in [2.05, 4.69) is 23.6 Å². The van der Waals surface area contributed by atoms with Crippen LogP contribution in [0.15, 0.2) is 18.2 Å². The van der Waals surface area contributed by atoms with Gasteiger partial charge in [0.25, 0.3) is 0 Å². The highest BCUT2D eigenvalue weighted by atomic mass is 16.5. The highest BCUT2D eigenvalue weighted by molar-refractivity contribution is 5.75. The summed E-state index contributed by atoms with van der Waals surface area (Å²) in [6.07, 6.45) is 2.11. The largest absolute Gasteiger partial charge is 0.496 e. The molecule has 0 saturated carbocycles. The van der Waals surface area contributed by atoms with Gasteiger partial charge in [0.1, 0.15) is 12.0 Å². The minimum atomic E-state index is 0.653. The van der Waals surface area contributed by atoms with E-state index in [1.54, 1.807) is 13.2 Å². The molecule has 0 radical (unpaired) electrons. The minimum absolute atomic E-state index is 0.653. The van der Waals surface area contributed by atoms with Crippen LogP contribution in [0.3, 0.4) is 0 Å². The number of benzene rings is 1. The summed E-state index contributed by atoms with van der Waals surface area (Å²) >= 11 is 0. The van der Waals surface area contributed by atoms with Crippen molar-refractivity contribution in [1.82, 2.24) is 9.80 Å². The summed E-state index contributed by atoms with van der Waals surface area (Å²) in [5.74, 6) is 0.867. The Balaban J connectivity index is 2.04. The zero-order chi connectivity index (χ0) is 15.2. The lowest BCUT2D eigenvalue weighted by molar-refractivity contribution is 0.112. The molecule has 0 aliphatic carbocycles. The van der Waals surface area contributed by atoms with E-state index < -0.39 is 0 Å². The molecule has 0 aromatic heterocycles. The number of carbonyl (C=O) groups is 1. The molecule has 1 fully saturated rings. The number of methoxy groups -OCH3 is 1. The molecular formula is C17H26N2O2. The van der Waals surface area contributed by atoms with Crippen LogP contribution in [0.2, 0.25) is 0 Å². The zero-order valence-corrected chi connectivity index (χ0v) is 13.3. The summed E-state index contributed by atoms with van der Waals surface area (Å²) in [4.78, 5) is 15.9. The molecular weight excluding hydrogens is 264 g/mol. The summed E-state index contributed by atoms with van der Waals surface area (Å²) in [6.45, 7) is 9.72. The van der Waals surface area contributed by atoms with Crippen LogP contribution in [0, 0.1) is 0 Å². The van der Waals surface area contributed by atoms with E-state index in [-0.39, 0.29) is 0 Å². The van der Waals surface area contributed by atoms with E-state index in [4.69, 9.17) is 4.74 Å². The molecule has 1 aliphatic heterocycles. The second-order valence-electron chi connectivity index (χ2n) is 5.59. The second kappa shape index (κ2) is 7.57. The van der Waals surface area contributed by atoms with E-state index in [1.165, 1.54) is 6.42 Å². The average Bonchev–Trinajstić information content (AvgIpc) is 2.97. The van der Waals surface area contributed by atoms with Gasteiger partial charge in [-0.25, -0.2) is 0 Å². The van der Waals surface area contributed by atoms with Crippen molar-refractivity contribution in [2.45, 2.75) is 32.9 Å². The molecule has 0 bridgehead atoms. The summed E-state index contributed by atoms with van der Waals surface area (Å²) in [5, 5.41) is 0. The van der Waals surface area contributed by atoms with Crippen molar-refractivity contribution in [3.05, 3.63) is 29.3 Å². The maximum atomic E-state index is 11.0. The maximum absolute atomic E-state index is 11.0. The van der Waals surface area contributed by atoms with Crippen molar-refractivity contribution >= 4 is 6.29 Å². The van der Waals surface area contributed by atoms with Crippen molar-refractivity contribution in [2.24, 2.45) is 0 Å². The third-order valence-corrected chi connectivity index (χ3v) is 4.41. The molecule has 1 heterocycles. The quantitative estimate of drug-likeness (QED) is 0.722. The number of likely N-dealkylation sites (N-methyl/N-ethyl adjacent to an activating group) is 1. The van der Waals surface area contributed by atoms with Crippen molar-refractivity contribution in [1.29, 1.82) is 0 Å². The number of carbonyl (C=O) groups excluding carboxylic acids is 1. The molecule has 4 heteroatoms. The van der Waals surface area contributed by atoms with E-state index in [9.17, 15) is 4.79 Å². The van der Waals surface area contributed by atoms with E-state index in [1.807, 2.05) is 12.1 Å². The predicted octanol–water partition coefficient (Wildman–Crippen LogP) is 2.42. The van der Waals surface area contributed by atoms with Crippen molar-refractivity contribution in [3.63, 3.8) is 0 Å². The second-order valence-corrected chi connectivity index (χ2v) is 5.59. The van der Waals surface area contributed by atoms with Gasteiger partial charge in [-0.3, -0.25) is 14.6 Å². The number of nitrogens with zero attached hydrogens (tertiary/aromatic N) is 2. The molecule has 1 aliphatic rings. The molecule has 116 valence electrons. The lowest BCUT2D eigenvalue weighted by Gasteiger charge is -2.26. The highest BCUT2D eigenvalue weighted by Crippen LogP contribution is 2.24. The van der Waals surface area contributed by atoms with Crippen molar-refractivity contribution in [2.75, 3.05) is 33.3 Å². The third kappa shape index (κ3) is 3.83. The molecule has 1 aromatic carbocycles. The Kier molecular flexibility index (Phi) is 5.76. The van der Waals surface area contributed by atoms with Gasteiger partial charge in [-0.1, -0.05) is 13.8 Å². The smallest absolute Gasteiger partial charge is 0.150 e. The van der Waals surface area contributed by atoms with Crippen LogP contribution in [0.25, 0.3) is 0 Å². The van der Waals surface area contributed by atoms with E-state index in [0.29, 0.717) is 11.6 Å². The number of aldehydes is 1. The van der Waals surface area contributed by atoms with Gasteiger partial charge in [0.2, 0.25) is 0 Å².